The smallest absolute Gasteiger partial charge is 0.269 e. The van der Waals surface area contributed by atoms with Crippen LogP contribution in [0.5, 0.6) is 0 Å². The van der Waals surface area contributed by atoms with Crippen molar-refractivity contribution in [1.29, 1.82) is 0 Å². The number of nitrogens with zero attached hydrogens (tertiary/aromatic N) is 4. The molecule has 1 aromatic carbocycles. The summed E-state index contributed by atoms with van der Waals surface area (Å²) < 4.78 is 3.70. The third-order valence-corrected chi connectivity index (χ3v) is 4.22. The van der Waals surface area contributed by atoms with E-state index in [0.29, 0.717) is 12.2 Å². The van der Waals surface area contributed by atoms with Gasteiger partial charge in [0.05, 0.1) is 12.2 Å². The summed E-state index contributed by atoms with van der Waals surface area (Å²) in [6, 6.07) is 12.2. The van der Waals surface area contributed by atoms with Gasteiger partial charge in [0.25, 0.3) is 5.91 Å². The maximum atomic E-state index is 12.4. The van der Waals surface area contributed by atoms with Crippen LogP contribution in [0.3, 0.4) is 0 Å². The minimum atomic E-state index is -0.132. The molecule has 3 aromatic rings. The highest BCUT2D eigenvalue weighted by Gasteiger charge is 2.13. The Hall–Kier alpha value is -2.89. The zero-order valence-electron chi connectivity index (χ0n) is 14.6. The lowest BCUT2D eigenvalue weighted by molar-refractivity contribution is 0.0940. The summed E-state index contributed by atoms with van der Waals surface area (Å²) in [4.78, 5) is 16.7. The molecule has 25 heavy (non-hydrogen) atoms. The second kappa shape index (κ2) is 7.79. The molecule has 3 rings (SSSR count). The van der Waals surface area contributed by atoms with Crippen molar-refractivity contribution >= 4 is 5.91 Å². The number of benzene rings is 1. The first-order chi connectivity index (χ1) is 12.2. The second-order valence-corrected chi connectivity index (χ2v) is 5.95. The molecular formula is C19H23N5O. The third-order valence-electron chi connectivity index (χ3n) is 4.22. The number of carbonyl (C=O) groups excluding carboxylic acids is 1. The SMILES string of the molecule is CCc1cc(C(=O)NCc2nccn2CCc2ccccc2)n(C)n1. The summed E-state index contributed by atoms with van der Waals surface area (Å²) in [5, 5.41) is 7.25. The summed E-state index contributed by atoms with van der Waals surface area (Å²) in [6.45, 7) is 3.25. The molecule has 1 N–H and O–H groups in total. The van der Waals surface area contributed by atoms with Crippen LogP contribution < -0.4 is 5.32 Å². The quantitative estimate of drug-likeness (QED) is 0.720. The fourth-order valence-electron chi connectivity index (χ4n) is 2.77. The number of rotatable bonds is 7. The van der Waals surface area contributed by atoms with Crippen molar-refractivity contribution in [3.8, 4) is 0 Å². The van der Waals surface area contributed by atoms with Gasteiger partial charge in [-0.05, 0) is 24.5 Å². The van der Waals surface area contributed by atoms with E-state index in [0.717, 1.165) is 30.9 Å². The number of carbonyl (C=O) groups is 1. The van der Waals surface area contributed by atoms with Gasteiger partial charge in [-0.15, -0.1) is 0 Å². The summed E-state index contributed by atoms with van der Waals surface area (Å²) in [7, 11) is 1.79. The summed E-state index contributed by atoms with van der Waals surface area (Å²) in [6.07, 6.45) is 5.46. The van der Waals surface area contributed by atoms with Gasteiger partial charge in [-0.25, -0.2) is 4.98 Å². The van der Waals surface area contributed by atoms with E-state index in [1.807, 2.05) is 37.4 Å². The highest BCUT2D eigenvalue weighted by molar-refractivity contribution is 5.92. The van der Waals surface area contributed by atoms with E-state index in [-0.39, 0.29) is 5.91 Å². The van der Waals surface area contributed by atoms with E-state index in [2.05, 4.69) is 32.1 Å². The van der Waals surface area contributed by atoms with E-state index in [4.69, 9.17) is 0 Å². The molecule has 0 spiro atoms. The van der Waals surface area contributed by atoms with Crippen molar-refractivity contribution in [2.75, 3.05) is 0 Å². The monoisotopic (exact) mass is 337 g/mol. The molecule has 0 saturated heterocycles. The Bertz CT molecular complexity index is 835. The summed E-state index contributed by atoms with van der Waals surface area (Å²) in [5.74, 6) is 0.717. The molecule has 0 atom stereocenters. The zero-order valence-corrected chi connectivity index (χ0v) is 14.6. The molecule has 6 heteroatoms. The van der Waals surface area contributed by atoms with Crippen molar-refractivity contribution in [3.63, 3.8) is 0 Å². The molecule has 0 unspecified atom stereocenters. The lowest BCUT2D eigenvalue weighted by atomic mass is 10.1. The number of nitrogens with one attached hydrogen (secondary N) is 1. The van der Waals surface area contributed by atoms with Gasteiger partial charge in [0.15, 0.2) is 0 Å². The fraction of sp³-hybridized carbons (Fsp3) is 0.316. The fourth-order valence-corrected chi connectivity index (χ4v) is 2.77. The van der Waals surface area contributed by atoms with Gasteiger partial charge in [-0.1, -0.05) is 37.3 Å². The first-order valence-corrected chi connectivity index (χ1v) is 8.52. The van der Waals surface area contributed by atoms with E-state index in [1.165, 1.54) is 5.56 Å². The Balaban J connectivity index is 1.59. The normalized spacial score (nSPS) is 10.8. The summed E-state index contributed by atoms with van der Waals surface area (Å²) in [5.41, 5.74) is 2.77. The van der Waals surface area contributed by atoms with Crippen LogP contribution in [0, 0.1) is 0 Å². The molecule has 0 radical (unpaired) electrons. The van der Waals surface area contributed by atoms with Crippen LogP contribution in [-0.2, 0) is 33.0 Å². The Morgan fingerprint density at radius 1 is 1.24 bits per heavy atom. The maximum absolute atomic E-state index is 12.4. The van der Waals surface area contributed by atoms with Crippen molar-refractivity contribution < 1.29 is 4.79 Å². The Morgan fingerprint density at radius 2 is 2.04 bits per heavy atom. The van der Waals surface area contributed by atoms with Gasteiger partial charge in [0.2, 0.25) is 0 Å². The molecule has 0 bridgehead atoms. The first-order valence-electron chi connectivity index (χ1n) is 8.52. The van der Waals surface area contributed by atoms with Crippen molar-refractivity contribution in [2.45, 2.75) is 32.9 Å². The zero-order chi connectivity index (χ0) is 17.6. The predicted octanol–water partition coefficient (Wildman–Crippen LogP) is 2.35. The average Bonchev–Trinajstić information content (AvgIpc) is 3.24. The average molecular weight is 337 g/mol. The lowest BCUT2D eigenvalue weighted by Crippen LogP contribution is -2.26. The van der Waals surface area contributed by atoms with Crippen LogP contribution in [0.1, 0.15) is 34.5 Å². The van der Waals surface area contributed by atoms with Crippen LogP contribution in [0.25, 0.3) is 0 Å². The van der Waals surface area contributed by atoms with E-state index in [9.17, 15) is 4.79 Å². The van der Waals surface area contributed by atoms with E-state index in [1.54, 1.807) is 17.9 Å². The number of hydrogen-bond donors (Lipinski definition) is 1. The number of aryl methyl sites for hydroxylation is 4. The molecule has 6 nitrogen and oxygen atoms in total. The largest absolute Gasteiger partial charge is 0.343 e. The van der Waals surface area contributed by atoms with Gasteiger partial charge in [-0.2, -0.15) is 5.10 Å². The van der Waals surface area contributed by atoms with Gasteiger partial charge in [0, 0.05) is 26.0 Å². The molecule has 1 amide bonds. The van der Waals surface area contributed by atoms with Gasteiger partial charge < -0.3 is 9.88 Å². The summed E-state index contributed by atoms with van der Waals surface area (Å²) >= 11 is 0. The lowest BCUT2D eigenvalue weighted by Gasteiger charge is -2.09. The molecule has 2 heterocycles. The van der Waals surface area contributed by atoms with Crippen molar-refractivity contribution in [3.05, 3.63) is 71.6 Å². The van der Waals surface area contributed by atoms with Gasteiger partial charge in [-0.3, -0.25) is 9.48 Å². The number of imidazole rings is 1. The minimum Gasteiger partial charge on any atom is -0.343 e. The Labute approximate surface area is 147 Å². The first kappa shape index (κ1) is 17.0. The van der Waals surface area contributed by atoms with Crippen LogP contribution >= 0.6 is 0 Å². The van der Waals surface area contributed by atoms with Crippen LogP contribution in [0.15, 0.2) is 48.8 Å². The predicted molar refractivity (Wildman–Crippen MR) is 96.1 cm³/mol. The van der Waals surface area contributed by atoms with Crippen molar-refractivity contribution in [1.82, 2.24) is 24.6 Å². The van der Waals surface area contributed by atoms with Crippen LogP contribution in [0.4, 0.5) is 0 Å². The molecule has 0 aliphatic rings. The van der Waals surface area contributed by atoms with Crippen LogP contribution in [-0.4, -0.2) is 25.2 Å². The topological polar surface area (TPSA) is 64.7 Å². The van der Waals surface area contributed by atoms with Crippen LogP contribution in [0.2, 0.25) is 0 Å². The van der Waals surface area contributed by atoms with Gasteiger partial charge >= 0.3 is 0 Å². The molecule has 0 aliphatic heterocycles. The second-order valence-electron chi connectivity index (χ2n) is 5.95. The molecule has 0 saturated carbocycles. The van der Waals surface area contributed by atoms with E-state index >= 15 is 0 Å². The minimum absolute atomic E-state index is 0.132. The number of hydrogen-bond acceptors (Lipinski definition) is 3. The van der Waals surface area contributed by atoms with Gasteiger partial charge in [0.1, 0.15) is 11.5 Å². The molecule has 0 fully saturated rings. The molecule has 2 aromatic heterocycles. The third kappa shape index (κ3) is 4.15. The van der Waals surface area contributed by atoms with Crippen molar-refractivity contribution in [2.24, 2.45) is 7.05 Å². The van der Waals surface area contributed by atoms with E-state index < -0.39 is 0 Å². The molecule has 0 aliphatic carbocycles. The highest BCUT2D eigenvalue weighted by atomic mass is 16.2. The highest BCUT2D eigenvalue weighted by Crippen LogP contribution is 2.06. The molecular weight excluding hydrogens is 314 g/mol. The Kier molecular flexibility index (Phi) is 5.28. The number of amides is 1. The Morgan fingerprint density at radius 3 is 2.76 bits per heavy atom. The standard InChI is InChI=1S/C19H23N5O/c1-3-16-13-17(23(2)22-16)19(25)21-14-18-20-10-12-24(18)11-9-15-7-5-4-6-8-15/h4-8,10,12-13H,3,9,11,14H2,1-2H3,(H,21,25). The molecule has 130 valence electrons. The maximum Gasteiger partial charge on any atom is 0.269 e. The number of aromatic nitrogens is 4.